The molecule has 0 saturated heterocycles. The third-order valence-corrected chi connectivity index (χ3v) is 3.36. The van der Waals surface area contributed by atoms with Gasteiger partial charge in [-0.1, -0.05) is 6.92 Å². The Bertz CT molecular complexity index is 509. The van der Waals surface area contributed by atoms with Gasteiger partial charge in [0.15, 0.2) is 0 Å². The summed E-state index contributed by atoms with van der Waals surface area (Å²) in [6.45, 7) is 4.44. The van der Waals surface area contributed by atoms with Crippen molar-refractivity contribution in [3.8, 4) is 5.69 Å². The van der Waals surface area contributed by atoms with Crippen LogP contribution in [0.3, 0.4) is 0 Å². The molecule has 8 heteroatoms. The number of carbonyl (C=O) groups excluding carboxylic acids is 1. The lowest BCUT2D eigenvalue weighted by Gasteiger charge is -2.06. The molecule has 0 spiro atoms. The SMILES string of the molecule is CCCNCCNC(=O)c1sccc1-n1cnnn1. The monoisotopic (exact) mass is 280 g/mol. The lowest BCUT2D eigenvalue weighted by atomic mass is 10.3. The molecule has 0 radical (unpaired) electrons. The number of nitrogens with zero attached hydrogens (tertiary/aromatic N) is 4. The van der Waals surface area contributed by atoms with Crippen LogP contribution in [0.2, 0.25) is 0 Å². The number of hydrogen-bond acceptors (Lipinski definition) is 6. The van der Waals surface area contributed by atoms with Gasteiger partial charge in [-0.25, -0.2) is 0 Å². The van der Waals surface area contributed by atoms with E-state index in [0.29, 0.717) is 17.1 Å². The van der Waals surface area contributed by atoms with Crippen molar-refractivity contribution in [3.63, 3.8) is 0 Å². The molecule has 19 heavy (non-hydrogen) atoms. The molecule has 2 aromatic rings. The predicted molar refractivity (Wildman–Crippen MR) is 72.5 cm³/mol. The predicted octanol–water partition coefficient (Wildman–Crippen LogP) is 0.453. The number of amides is 1. The van der Waals surface area contributed by atoms with Gasteiger partial charge in [-0.3, -0.25) is 4.79 Å². The summed E-state index contributed by atoms with van der Waals surface area (Å²) in [6.07, 6.45) is 2.56. The van der Waals surface area contributed by atoms with Crippen molar-refractivity contribution in [2.45, 2.75) is 13.3 Å². The molecular formula is C11H16N6OS. The van der Waals surface area contributed by atoms with E-state index in [9.17, 15) is 4.79 Å². The van der Waals surface area contributed by atoms with E-state index in [4.69, 9.17) is 0 Å². The molecular weight excluding hydrogens is 264 g/mol. The van der Waals surface area contributed by atoms with Gasteiger partial charge < -0.3 is 10.6 Å². The summed E-state index contributed by atoms with van der Waals surface area (Å²) in [6, 6.07) is 1.82. The number of thiophene rings is 1. The second-order valence-corrected chi connectivity index (χ2v) is 4.81. The maximum Gasteiger partial charge on any atom is 0.263 e. The van der Waals surface area contributed by atoms with Crippen LogP contribution in [-0.4, -0.2) is 45.7 Å². The van der Waals surface area contributed by atoms with Gasteiger partial charge >= 0.3 is 0 Å². The Kier molecular flexibility index (Phi) is 4.99. The second kappa shape index (κ2) is 6.95. The molecule has 1 amide bonds. The lowest BCUT2D eigenvalue weighted by molar-refractivity contribution is 0.0958. The van der Waals surface area contributed by atoms with E-state index in [0.717, 1.165) is 19.5 Å². The molecule has 0 fully saturated rings. The molecule has 2 aromatic heterocycles. The highest BCUT2D eigenvalue weighted by atomic mass is 32.1. The summed E-state index contributed by atoms with van der Waals surface area (Å²) < 4.78 is 1.49. The number of aromatic nitrogens is 4. The zero-order valence-electron chi connectivity index (χ0n) is 10.7. The Morgan fingerprint density at radius 1 is 1.42 bits per heavy atom. The van der Waals surface area contributed by atoms with E-state index in [1.807, 2.05) is 11.4 Å². The Hall–Kier alpha value is -1.80. The summed E-state index contributed by atoms with van der Waals surface area (Å²) in [7, 11) is 0. The van der Waals surface area contributed by atoms with Crippen LogP contribution in [0.15, 0.2) is 17.8 Å². The standard InChI is InChI=1S/C11H16N6OS/c1-2-4-12-5-6-13-11(18)10-9(3-7-19-10)17-8-14-15-16-17/h3,7-8,12H,2,4-6H2,1H3,(H,13,18). The minimum absolute atomic E-state index is 0.0983. The zero-order chi connectivity index (χ0) is 13.5. The third-order valence-electron chi connectivity index (χ3n) is 2.46. The number of tetrazole rings is 1. The Morgan fingerprint density at radius 2 is 2.32 bits per heavy atom. The normalized spacial score (nSPS) is 10.6. The topological polar surface area (TPSA) is 84.7 Å². The Balaban J connectivity index is 1.91. The molecule has 2 heterocycles. The minimum atomic E-state index is -0.0983. The summed E-state index contributed by atoms with van der Waals surface area (Å²) in [4.78, 5) is 12.7. The van der Waals surface area contributed by atoms with Crippen LogP contribution in [0.1, 0.15) is 23.0 Å². The first-order valence-electron chi connectivity index (χ1n) is 6.12. The summed E-state index contributed by atoms with van der Waals surface area (Å²) in [5.74, 6) is -0.0983. The maximum atomic E-state index is 12.0. The van der Waals surface area contributed by atoms with Gasteiger partial charge in [0.05, 0.1) is 5.69 Å². The summed E-state index contributed by atoms with van der Waals surface area (Å²) >= 11 is 1.38. The van der Waals surface area contributed by atoms with Gasteiger partial charge in [-0.15, -0.1) is 16.4 Å². The number of carbonyl (C=O) groups is 1. The highest BCUT2D eigenvalue weighted by Gasteiger charge is 2.14. The number of rotatable bonds is 7. The van der Waals surface area contributed by atoms with Crippen molar-refractivity contribution in [2.24, 2.45) is 0 Å². The van der Waals surface area contributed by atoms with Crippen molar-refractivity contribution in [1.82, 2.24) is 30.8 Å². The van der Waals surface area contributed by atoms with Crippen LogP contribution in [0, 0.1) is 0 Å². The van der Waals surface area contributed by atoms with Gasteiger partial charge in [0.2, 0.25) is 0 Å². The molecule has 0 aliphatic heterocycles. The fourth-order valence-electron chi connectivity index (χ4n) is 1.57. The smallest absolute Gasteiger partial charge is 0.263 e. The molecule has 2 N–H and O–H groups in total. The Morgan fingerprint density at radius 3 is 3.05 bits per heavy atom. The molecule has 7 nitrogen and oxygen atoms in total. The fourth-order valence-corrected chi connectivity index (χ4v) is 2.37. The first-order chi connectivity index (χ1) is 9.33. The van der Waals surface area contributed by atoms with Crippen molar-refractivity contribution >= 4 is 17.2 Å². The molecule has 0 aliphatic carbocycles. The van der Waals surface area contributed by atoms with Crippen LogP contribution < -0.4 is 10.6 Å². The van der Waals surface area contributed by atoms with Gasteiger partial charge in [0.1, 0.15) is 11.2 Å². The van der Waals surface area contributed by atoms with E-state index in [1.54, 1.807) is 0 Å². The molecule has 0 saturated carbocycles. The number of nitrogens with one attached hydrogen (secondary N) is 2. The van der Waals surface area contributed by atoms with E-state index in [-0.39, 0.29) is 5.91 Å². The van der Waals surface area contributed by atoms with E-state index in [1.165, 1.54) is 22.3 Å². The number of hydrogen-bond donors (Lipinski definition) is 2. The molecule has 0 aliphatic rings. The van der Waals surface area contributed by atoms with E-state index in [2.05, 4.69) is 33.1 Å². The average Bonchev–Trinajstić information content (AvgIpc) is 3.08. The van der Waals surface area contributed by atoms with Crippen LogP contribution in [0.25, 0.3) is 5.69 Å². The van der Waals surface area contributed by atoms with Crippen molar-refractivity contribution in [2.75, 3.05) is 19.6 Å². The molecule has 0 aromatic carbocycles. The minimum Gasteiger partial charge on any atom is -0.350 e. The lowest BCUT2D eigenvalue weighted by Crippen LogP contribution is -2.32. The van der Waals surface area contributed by atoms with Crippen molar-refractivity contribution in [1.29, 1.82) is 0 Å². The first-order valence-corrected chi connectivity index (χ1v) is 7.00. The van der Waals surface area contributed by atoms with E-state index >= 15 is 0 Å². The maximum absolute atomic E-state index is 12.0. The van der Waals surface area contributed by atoms with Gasteiger partial charge in [0.25, 0.3) is 5.91 Å². The zero-order valence-corrected chi connectivity index (χ0v) is 11.5. The summed E-state index contributed by atoms with van der Waals surface area (Å²) in [5, 5.41) is 18.9. The van der Waals surface area contributed by atoms with Crippen LogP contribution in [-0.2, 0) is 0 Å². The third kappa shape index (κ3) is 3.58. The van der Waals surface area contributed by atoms with Crippen LogP contribution >= 0.6 is 11.3 Å². The second-order valence-electron chi connectivity index (χ2n) is 3.90. The largest absolute Gasteiger partial charge is 0.350 e. The molecule has 0 bridgehead atoms. The van der Waals surface area contributed by atoms with Crippen LogP contribution in [0.5, 0.6) is 0 Å². The molecule has 2 rings (SSSR count). The van der Waals surface area contributed by atoms with Gasteiger partial charge in [-0.2, -0.15) is 4.68 Å². The average molecular weight is 280 g/mol. The van der Waals surface area contributed by atoms with Crippen molar-refractivity contribution in [3.05, 3.63) is 22.7 Å². The molecule has 0 atom stereocenters. The fraction of sp³-hybridized carbons (Fsp3) is 0.455. The van der Waals surface area contributed by atoms with Gasteiger partial charge in [0, 0.05) is 13.1 Å². The molecule has 102 valence electrons. The van der Waals surface area contributed by atoms with Gasteiger partial charge in [-0.05, 0) is 34.8 Å². The highest BCUT2D eigenvalue weighted by molar-refractivity contribution is 7.12. The molecule has 0 unspecified atom stereocenters. The Labute approximate surface area is 115 Å². The first kappa shape index (κ1) is 13.6. The van der Waals surface area contributed by atoms with Crippen LogP contribution in [0.4, 0.5) is 0 Å². The highest BCUT2D eigenvalue weighted by Crippen LogP contribution is 2.19. The summed E-state index contributed by atoms with van der Waals surface area (Å²) in [5.41, 5.74) is 0.703. The quantitative estimate of drug-likeness (QED) is 0.719. The van der Waals surface area contributed by atoms with E-state index < -0.39 is 0 Å². The van der Waals surface area contributed by atoms with Crippen molar-refractivity contribution < 1.29 is 4.79 Å².